The van der Waals surface area contributed by atoms with Crippen molar-refractivity contribution < 1.29 is 0 Å². The first kappa shape index (κ1) is 72.9. The Hall–Kier alpha value is -11.7. The lowest BCUT2D eigenvalue weighted by atomic mass is 9.33. The Bertz CT molecular complexity index is 5860. The smallest absolute Gasteiger partial charge is 0.252 e. The third kappa shape index (κ3) is 12.4. The number of benzene rings is 14. The van der Waals surface area contributed by atoms with Gasteiger partial charge in [-0.15, -0.1) is 0 Å². The van der Waals surface area contributed by atoms with Crippen molar-refractivity contribution in [2.24, 2.45) is 0 Å². The molecule has 4 heterocycles. The number of rotatable bonds is 9. The Labute approximate surface area is 670 Å². The molecule has 2 aliphatic rings. The predicted molar refractivity (Wildman–Crippen MR) is 489 cm³/mol. The summed E-state index contributed by atoms with van der Waals surface area (Å²) in [7, 11) is 0. The van der Waals surface area contributed by atoms with Crippen LogP contribution in [0.3, 0.4) is 0 Å². The molecule has 18 rings (SSSR count). The Morgan fingerprint density at radius 2 is 0.513 bits per heavy atom. The maximum absolute atomic E-state index is 2.74. The maximum Gasteiger partial charge on any atom is 0.252 e. The van der Waals surface area contributed by atoms with Crippen molar-refractivity contribution in [3.63, 3.8) is 0 Å². The van der Waals surface area contributed by atoms with E-state index in [1.807, 2.05) is 0 Å². The molecule has 0 saturated carbocycles. The van der Waals surface area contributed by atoms with Crippen molar-refractivity contribution in [2.75, 3.05) is 9.80 Å². The molecule has 558 valence electrons. The molecule has 16 aromatic rings. The zero-order chi connectivity index (χ0) is 78.7. The number of anilines is 6. The van der Waals surface area contributed by atoms with Gasteiger partial charge in [-0.2, -0.15) is 0 Å². The second-order valence-corrected chi connectivity index (χ2v) is 38.2. The predicted octanol–water partition coefficient (Wildman–Crippen LogP) is 28.1. The molecule has 0 fully saturated rings. The summed E-state index contributed by atoms with van der Waals surface area (Å²) < 4.78 is 5.14. The summed E-state index contributed by atoms with van der Waals surface area (Å²) in [6, 6.07) is 115. The lowest BCUT2D eigenvalue weighted by Crippen LogP contribution is -2.61. The van der Waals surface area contributed by atoms with E-state index in [1.54, 1.807) is 0 Å². The molecule has 0 saturated heterocycles. The van der Waals surface area contributed by atoms with E-state index in [4.69, 9.17) is 0 Å². The van der Waals surface area contributed by atoms with Crippen LogP contribution in [0.1, 0.15) is 158 Å². The summed E-state index contributed by atoms with van der Waals surface area (Å²) in [5.41, 5.74) is 36.1. The molecule has 2 aromatic heterocycles. The van der Waals surface area contributed by atoms with Gasteiger partial charge in [-0.05, 0) is 201 Å². The second kappa shape index (κ2) is 26.5. The molecule has 113 heavy (non-hydrogen) atoms. The monoisotopic (exact) mass is 1470 g/mol. The molecule has 4 nitrogen and oxygen atoms in total. The minimum absolute atomic E-state index is 0.0678. The SMILES string of the molecule is CC(C)(C)c1ccc(-c2cc3c4c(c2)N(c2c(-c5ccccc5)cccc2-c2ccccc2)c2cc(-n5c6ccc(C(C)(C)C)cc6c6cc(C(C)(C)C)ccc65)ccc2B4c2ccc(-n4c5ccc(C(C)(C)C)cc5c5cc(C(C)(C)C)ccc54)cc2N3c2c(-c3ccccc3)cccc2-c2ccccc2)c(C(C)(C)C)c1. The van der Waals surface area contributed by atoms with Gasteiger partial charge in [0.2, 0.25) is 0 Å². The zero-order valence-corrected chi connectivity index (χ0v) is 69.2. The topological polar surface area (TPSA) is 16.3 Å². The van der Waals surface area contributed by atoms with Crippen LogP contribution in [0.2, 0.25) is 0 Å². The number of hydrogen-bond donors (Lipinski definition) is 0. The van der Waals surface area contributed by atoms with Crippen molar-refractivity contribution in [3.8, 4) is 67.0 Å². The summed E-state index contributed by atoms with van der Waals surface area (Å²) in [6.07, 6.45) is 0. The summed E-state index contributed by atoms with van der Waals surface area (Å²) in [6.45, 7) is 42.0. The average molecular weight is 1470 g/mol. The van der Waals surface area contributed by atoms with Crippen LogP contribution in [0.4, 0.5) is 34.1 Å². The van der Waals surface area contributed by atoms with Crippen LogP contribution in [-0.4, -0.2) is 15.8 Å². The summed E-state index contributed by atoms with van der Waals surface area (Å²) in [5, 5.41) is 5.04. The molecule has 0 bridgehead atoms. The van der Waals surface area contributed by atoms with Crippen LogP contribution in [0.5, 0.6) is 0 Å². The Kier molecular flexibility index (Phi) is 17.1. The van der Waals surface area contributed by atoms with E-state index in [2.05, 4.69) is 441 Å². The highest BCUT2D eigenvalue weighted by atomic mass is 15.2. The van der Waals surface area contributed by atoms with E-state index < -0.39 is 0 Å². The normalized spacial score (nSPS) is 13.3. The van der Waals surface area contributed by atoms with E-state index >= 15 is 0 Å². The number of nitrogens with zero attached hydrogens (tertiary/aromatic N) is 4. The van der Waals surface area contributed by atoms with Crippen molar-refractivity contribution in [2.45, 2.75) is 157 Å². The summed E-state index contributed by atoms with van der Waals surface area (Å²) in [5.74, 6) is 0. The van der Waals surface area contributed by atoms with Gasteiger partial charge in [0.25, 0.3) is 6.71 Å². The van der Waals surface area contributed by atoms with Crippen LogP contribution >= 0.6 is 0 Å². The van der Waals surface area contributed by atoms with Gasteiger partial charge in [0, 0.05) is 77.9 Å². The van der Waals surface area contributed by atoms with Gasteiger partial charge in [0.1, 0.15) is 0 Å². The van der Waals surface area contributed by atoms with Gasteiger partial charge >= 0.3 is 0 Å². The molecule has 0 unspecified atom stereocenters. The van der Waals surface area contributed by atoms with Crippen molar-refractivity contribution in [1.29, 1.82) is 0 Å². The fourth-order valence-corrected chi connectivity index (χ4v) is 18.2. The van der Waals surface area contributed by atoms with E-state index in [1.165, 1.54) is 98.9 Å². The first-order valence-corrected chi connectivity index (χ1v) is 40.8. The second-order valence-electron chi connectivity index (χ2n) is 38.2. The number of hydrogen-bond acceptors (Lipinski definition) is 2. The standard InChI is InChI=1S/C108H103BN4/c1-103(2,3)73-46-55-92-85(61-73)86-62-74(104(4,5)6)47-56-93(86)110(92)78-50-53-90-96(66-78)112(101-81(68-33-23-19-24-34-68)41-31-42-82(101)69-35-25-20-26-36-69)98-59-72(80-52-45-77(107(13,14)15)65-89(80)108(16,17)18)60-99-100(98)109(90)91-54-51-79(111-94-57-48-75(105(7,8)9)63-87(94)88-64-76(106(10,11)12)49-58-95(88)111)67-97(91)113(99)102-83(70-37-27-21-28-38-70)43-32-44-84(102)71-39-29-22-30-40-71/h19-67H,1-18H3. The van der Waals surface area contributed by atoms with Crippen LogP contribution in [0.25, 0.3) is 111 Å². The Morgan fingerprint density at radius 1 is 0.221 bits per heavy atom. The fourth-order valence-electron chi connectivity index (χ4n) is 18.2. The molecular weight excluding hydrogens is 1360 g/mol. The van der Waals surface area contributed by atoms with Gasteiger partial charge in [-0.1, -0.05) is 337 Å². The minimum atomic E-state index is -0.281. The van der Waals surface area contributed by atoms with Crippen molar-refractivity contribution in [3.05, 3.63) is 331 Å². The van der Waals surface area contributed by atoms with Crippen LogP contribution in [0.15, 0.2) is 297 Å². The summed E-state index contributed by atoms with van der Waals surface area (Å²) >= 11 is 0. The molecule has 0 amide bonds. The molecule has 5 heteroatoms. The van der Waals surface area contributed by atoms with Gasteiger partial charge in [0.05, 0.1) is 33.4 Å². The largest absolute Gasteiger partial charge is 0.310 e. The Morgan fingerprint density at radius 3 is 0.805 bits per heavy atom. The quantitative estimate of drug-likeness (QED) is 0.134. The van der Waals surface area contributed by atoms with Gasteiger partial charge in [-0.3, -0.25) is 0 Å². The number of fused-ring (bicyclic) bond motifs is 10. The van der Waals surface area contributed by atoms with E-state index in [9.17, 15) is 0 Å². The average Bonchev–Trinajstić information content (AvgIpc) is 1.11. The first-order valence-electron chi connectivity index (χ1n) is 40.8. The molecule has 2 aliphatic heterocycles. The third-order valence-corrected chi connectivity index (χ3v) is 24.4. The third-order valence-electron chi connectivity index (χ3n) is 24.4. The number of aromatic nitrogens is 2. The van der Waals surface area contributed by atoms with Gasteiger partial charge < -0.3 is 18.9 Å². The highest BCUT2D eigenvalue weighted by molar-refractivity contribution is 7.00. The molecule has 0 N–H and O–H groups in total. The lowest BCUT2D eigenvalue weighted by Gasteiger charge is -2.46. The van der Waals surface area contributed by atoms with E-state index in [0.717, 1.165) is 95.6 Å². The molecule has 0 radical (unpaired) electrons. The molecule has 0 spiro atoms. The first-order chi connectivity index (χ1) is 53.9. The van der Waals surface area contributed by atoms with Crippen LogP contribution in [0, 0.1) is 0 Å². The van der Waals surface area contributed by atoms with Gasteiger partial charge in [0.15, 0.2) is 0 Å². The zero-order valence-electron chi connectivity index (χ0n) is 69.2. The molecule has 0 aliphatic carbocycles. The lowest BCUT2D eigenvalue weighted by molar-refractivity contribution is 0.570. The maximum atomic E-state index is 2.74. The minimum Gasteiger partial charge on any atom is -0.310 e. The number of para-hydroxylation sites is 2. The molecular formula is C108H103BN4. The fraction of sp³-hybridized carbons (Fsp3) is 0.222. The van der Waals surface area contributed by atoms with Crippen molar-refractivity contribution in [1.82, 2.24) is 9.13 Å². The highest BCUT2D eigenvalue weighted by Gasteiger charge is 2.46. The van der Waals surface area contributed by atoms with E-state index in [-0.39, 0.29) is 39.2 Å². The highest BCUT2D eigenvalue weighted by Crippen LogP contribution is 2.56. The molecule has 14 aromatic carbocycles. The van der Waals surface area contributed by atoms with E-state index in [0.29, 0.717) is 0 Å². The molecule has 0 atom stereocenters. The Balaban J connectivity index is 1.04. The van der Waals surface area contributed by atoms with Crippen molar-refractivity contribution >= 4 is 101 Å². The summed E-state index contributed by atoms with van der Waals surface area (Å²) in [4.78, 5) is 5.47. The van der Waals surface area contributed by atoms with Crippen LogP contribution in [-0.2, 0) is 32.5 Å². The van der Waals surface area contributed by atoms with Gasteiger partial charge in [-0.25, -0.2) is 0 Å². The van der Waals surface area contributed by atoms with Crippen LogP contribution < -0.4 is 26.2 Å².